The van der Waals surface area contributed by atoms with E-state index in [-0.39, 0.29) is 12.5 Å². The molecule has 1 amide bonds. The quantitative estimate of drug-likeness (QED) is 0.679. The third-order valence-corrected chi connectivity index (χ3v) is 2.98. The first-order chi connectivity index (χ1) is 10.1. The molecule has 2 rings (SSSR count). The van der Waals surface area contributed by atoms with Gasteiger partial charge in [-0.25, -0.2) is 5.43 Å². The predicted molar refractivity (Wildman–Crippen MR) is 80.5 cm³/mol. The number of carbonyl (C=O) groups is 1. The summed E-state index contributed by atoms with van der Waals surface area (Å²) in [7, 11) is 0. The molecule has 0 saturated heterocycles. The van der Waals surface area contributed by atoms with Gasteiger partial charge in [-0.05, 0) is 44.0 Å². The molecule has 0 aliphatic rings. The van der Waals surface area contributed by atoms with Crippen LogP contribution in [0.5, 0.6) is 5.75 Å². The van der Waals surface area contributed by atoms with Gasteiger partial charge in [-0.1, -0.05) is 18.2 Å². The highest BCUT2D eigenvalue weighted by molar-refractivity contribution is 5.96. The number of para-hydroxylation sites is 1. The Morgan fingerprint density at radius 3 is 2.57 bits per heavy atom. The van der Waals surface area contributed by atoms with E-state index in [9.17, 15) is 4.79 Å². The molecular weight excluding hydrogens is 268 g/mol. The van der Waals surface area contributed by atoms with Crippen molar-refractivity contribution in [1.29, 1.82) is 0 Å². The summed E-state index contributed by atoms with van der Waals surface area (Å²) in [5.74, 6) is 1.04. The van der Waals surface area contributed by atoms with Crippen molar-refractivity contribution in [1.82, 2.24) is 5.43 Å². The number of hydrazone groups is 1. The van der Waals surface area contributed by atoms with Gasteiger partial charge in [-0.3, -0.25) is 4.79 Å². The van der Waals surface area contributed by atoms with Crippen LogP contribution in [0, 0.1) is 13.8 Å². The fraction of sp³-hybridized carbons (Fsp3) is 0.250. The number of amides is 1. The van der Waals surface area contributed by atoms with Gasteiger partial charge in [0.15, 0.2) is 6.61 Å². The zero-order chi connectivity index (χ0) is 15.2. The third kappa shape index (κ3) is 3.95. The summed E-state index contributed by atoms with van der Waals surface area (Å²) in [4.78, 5) is 11.7. The molecule has 0 atom stereocenters. The highest BCUT2D eigenvalue weighted by Gasteiger charge is 2.07. The number of furan rings is 1. The summed E-state index contributed by atoms with van der Waals surface area (Å²) < 4.78 is 10.7. The number of hydrogen-bond acceptors (Lipinski definition) is 4. The summed E-state index contributed by atoms with van der Waals surface area (Å²) in [6.07, 6.45) is 1.56. The van der Waals surface area contributed by atoms with Crippen LogP contribution in [0.15, 0.2) is 46.1 Å². The SMILES string of the molecule is CC(=NNC(=O)COc1c(C)cccc1C)c1ccco1. The number of nitrogens with one attached hydrogen (secondary N) is 1. The minimum absolute atomic E-state index is 0.0827. The molecule has 1 aromatic heterocycles. The second kappa shape index (κ2) is 6.74. The van der Waals surface area contributed by atoms with E-state index in [0.717, 1.165) is 16.9 Å². The average Bonchev–Trinajstić information content (AvgIpc) is 2.98. The van der Waals surface area contributed by atoms with Crippen LogP contribution < -0.4 is 10.2 Å². The van der Waals surface area contributed by atoms with E-state index >= 15 is 0 Å². The summed E-state index contributed by atoms with van der Waals surface area (Å²) in [6, 6.07) is 9.38. The highest BCUT2D eigenvalue weighted by Crippen LogP contribution is 2.21. The van der Waals surface area contributed by atoms with Gasteiger partial charge in [0, 0.05) is 0 Å². The normalized spacial score (nSPS) is 11.3. The monoisotopic (exact) mass is 286 g/mol. The topological polar surface area (TPSA) is 63.8 Å². The first kappa shape index (κ1) is 14.8. The number of carbonyl (C=O) groups excluding carboxylic acids is 1. The molecule has 0 aliphatic carbocycles. The van der Waals surface area contributed by atoms with Gasteiger partial charge >= 0.3 is 0 Å². The number of aryl methyl sites for hydroxylation is 2. The van der Waals surface area contributed by atoms with E-state index in [1.54, 1.807) is 25.3 Å². The van der Waals surface area contributed by atoms with E-state index in [0.29, 0.717) is 11.5 Å². The van der Waals surface area contributed by atoms with Gasteiger partial charge < -0.3 is 9.15 Å². The first-order valence-electron chi connectivity index (χ1n) is 6.64. The molecule has 2 aromatic rings. The van der Waals surface area contributed by atoms with Gasteiger partial charge in [0.05, 0.1) is 6.26 Å². The van der Waals surface area contributed by atoms with Crippen molar-refractivity contribution < 1.29 is 13.9 Å². The molecule has 0 fully saturated rings. The summed E-state index contributed by atoms with van der Waals surface area (Å²) >= 11 is 0. The van der Waals surface area contributed by atoms with Crippen LogP contribution in [-0.2, 0) is 4.79 Å². The van der Waals surface area contributed by atoms with Crippen LogP contribution >= 0.6 is 0 Å². The van der Waals surface area contributed by atoms with Gasteiger partial charge in [0.1, 0.15) is 17.2 Å². The maximum absolute atomic E-state index is 11.7. The molecule has 1 N–H and O–H groups in total. The minimum atomic E-state index is -0.316. The smallest absolute Gasteiger partial charge is 0.277 e. The molecule has 5 heteroatoms. The van der Waals surface area contributed by atoms with E-state index in [2.05, 4.69) is 10.5 Å². The second-order valence-corrected chi connectivity index (χ2v) is 4.72. The summed E-state index contributed by atoms with van der Waals surface area (Å²) in [5.41, 5.74) is 5.04. The molecule has 110 valence electrons. The fourth-order valence-corrected chi connectivity index (χ4v) is 1.88. The fourth-order valence-electron chi connectivity index (χ4n) is 1.88. The molecule has 0 spiro atoms. The van der Waals surface area contributed by atoms with Gasteiger partial charge in [-0.15, -0.1) is 0 Å². The lowest BCUT2D eigenvalue weighted by atomic mass is 10.1. The number of ether oxygens (including phenoxy) is 1. The highest BCUT2D eigenvalue weighted by atomic mass is 16.5. The van der Waals surface area contributed by atoms with Crippen molar-refractivity contribution in [2.24, 2.45) is 5.10 Å². The van der Waals surface area contributed by atoms with E-state index in [1.807, 2.05) is 32.0 Å². The molecule has 0 bridgehead atoms. The Labute approximate surface area is 123 Å². The molecule has 0 saturated carbocycles. The van der Waals surface area contributed by atoms with Gasteiger partial charge in [0.2, 0.25) is 0 Å². The zero-order valence-corrected chi connectivity index (χ0v) is 12.3. The summed E-state index contributed by atoms with van der Waals surface area (Å²) in [5, 5.41) is 3.97. The van der Waals surface area contributed by atoms with Crippen molar-refractivity contribution in [3.8, 4) is 5.75 Å². The van der Waals surface area contributed by atoms with Crippen LogP contribution in [0.1, 0.15) is 23.8 Å². The molecular formula is C16H18N2O3. The minimum Gasteiger partial charge on any atom is -0.483 e. The van der Waals surface area contributed by atoms with Crippen LogP contribution in [-0.4, -0.2) is 18.2 Å². The van der Waals surface area contributed by atoms with Gasteiger partial charge in [-0.2, -0.15) is 5.10 Å². The largest absolute Gasteiger partial charge is 0.483 e. The Hall–Kier alpha value is -2.56. The Morgan fingerprint density at radius 2 is 1.95 bits per heavy atom. The predicted octanol–water partition coefficient (Wildman–Crippen LogP) is 2.82. The molecule has 1 aromatic carbocycles. The Kier molecular flexibility index (Phi) is 4.77. The molecule has 1 heterocycles. The van der Waals surface area contributed by atoms with Crippen LogP contribution in [0.25, 0.3) is 0 Å². The third-order valence-electron chi connectivity index (χ3n) is 2.98. The van der Waals surface area contributed by atoms with Gasteiger partial charge in [0.25, 0.3) is 5.91 Å². The summed E-state index contributed by atoms with van der Waals surface area (Å²) in [6.45, 7) is 5.56. The Morgan fingerprint density at radius 1 is 1.24 bits per heavy atom. The lowest BCUT2D eigenvalue weighted by Gasteiger charge is -2.10. The maximum Gasteiger partial charge on any atom is 0.277 e. The number of benzene rings is 1. The Bertz CT molecular complexity index is 625. The standard InChI is InChI=1S/C16H18N2O3/c1-11-6-4-7-12(2)16(11)21-10-15(19)18-17-13(3)14-8-5-9-20-14/h4-9H,10H2,1-3H3,(H,18,19). The van der Waals surface area contributed by atoms with Crippen molar-refractivity contribution in [2.45, 2.75) is 20.8 Å². The van der Waals surface area contributed by atoms with E-state index < -0.39 is 0 Å². The lowest BCUT2D eigenvalue weighted by Crippen LogP contribution is -2.25. The molecule has 0 aliphatic heterocycles. The number of nitrogens with zero attached hydrogens (tertiary/aromatic N) is 1. The van der Waals surface area contributed by atoms with Crippen molar-refractivity contribution in [3.63, 3.8) is 0 Å². The molecule has 21 heavy (non-hydrogen) atoms. The molecule has 5 nitrogen and oxygen atoms in total. The van der Waals surface area contributed by atoms with Crippen molar-refractivity contribution in [3.05, 3.63) is 53.5 Å². The van der Waals surface area contributed by atoms with E-state index in [1.165, 1.54) is 0 Å². The van der Waals surface area contributed by atoms with Crippen LogP contribution in [0.4, 0.5) is 0 Å². The lowest BCUT2D eigenvalue weighted by molar-refractivity contribution is -0.123. The van der Waals surface area contributed by atoms with Crippen molar-refractivity contribution in [2.75, 3.05) is 6.61 Å². The average molecular weight is 286 g/mol. The van der Waals surface area contributed by atoms with Crippen LogP contribution in [0.2, 0.25) is 0 Å². The van der Waals surface area contributed by atoms with E-state index in [4.69, 9.17) is 9.15 Å². The Balaban J connectivity index is 1.90. The van der Waals surface area contributed by atoms with Crippen molar-refractivity contribution >= 4 is 11.6 Å². The maximum atomic E-state index is 11.7. The second-order valence-electron chi connectivity index (χ2n) is 4.72. The molecule has 0 unspecified atom stereocenters. The first-order valence-corrected chi connectivity index (χ1v) is 6.64. The number of rotatable bonds is 5. The molecule has 0 radical (unpaired) electrons. The zero-order valence-electron chi connectivity index (χ0n) is 12.3. The number of hydrogen-bond donors (Lipinski definition) is 1. The van der Waals surface area contributed by atoms with Crippen LogP contribution in [0.3, 0.4) is 0 Å².